The Morgan fingerprint density at radius 3 is 1.84 bits per heavy atom. The number of hydrogen-bond donors (Lipinski definition) is 0. The third-order valence-electron chi connectivity index (χ3n) is 8.23. The summed E-state index contributed by atoms with van der Waals surface area (Å²) in [6, 6.07) is 20.5. The monoisotopic (exact) mass is 588 g/mol. The maximum atomic E-state index is 5.87. The van der Waals surface area contributed by atoms with E-state index >= 15 is 0 Å². The van der Waals surface area contributed by atoms with Crippen LogP contribution in [0.2, 0.25) is 0 Å². The van der Waals surface area contributed by atoms with Gasteiger partial charge in [-0.15, -0.1) is 0 Å². The Hall–Kier alpha value is -3.34. The molecule has 234 valence electrons. The summed E-state index contributed by atoms with van der Waals surface area (Å²) in [4.78, 5) is 0. The van der Waals surface area contributed by atoms with Crippen LogP contribution in [0, 0.1) is 23.7 Å². The van der Waals surface area contributed by atoms with Gasteiger partial charge in [0.25, 0.3) is 0 Å². The lowest BCUT2D eigenvalue weighted by Crippen LogP contribution is -2.39. The van der Waals surface area contributed by atoms with E-state index in [1.54, 1.807) is 0 Å². The summed E-state index contributed by atoms with van der Waals surface area (Å²) in [6.07, 6.45) is 1.29. The first kappa shape index (κ1) is 32.6. The lowest BCUT2D eigenvalue weighted by Gasteiger charge is -2.34. The zero-order valence-electron chi connectivity index (χ0n) is 28.0. The Balaban J connectivity index is 0.000000148. The highest BCUT2D eigenvalue weighted by molar-refractivity contribution is 5.45. The van der Waals surface area contributed by atoms with Crippen LogP contribution in [0.25, 0.3) is 0 Å². The van der Waals surface area contributed by atoms with Gasteiger partial charge in [0.2, 0.25) is 0 Å². The molecule has 2 atom stereocenters. The second kappa shape index (κ2) is 13.1. The largest absolute Gasteiger partial charge is 0.493 e. The van der Waals surface area contributed by atoms with Crippen LogP contribution in [0.3, 0.4) is 0 Å². The van der Waals surface area contributed by atoms with Crippen molar-refractivity contribution in [1.82, 2.24) is 0 Å². The van der Waals surface area contributed by atoms with Crippen LogP contribution in [0.15, 0.2) is 60.7 Å². The molecule has 0 fully saturated rings. The molecular weight excluding hydrogens is 536 g/mol. The van der Waals surface area contributed by atoms with E-state index in [0.717, 1.165) is 41.8 Å². The molecule has 5 nitrogen and oxygen atoms in total. The molecule has 2 unspecified atom stereocenters. The van der Waals surface area contributed by atoms with Crippen LogP contribution in [0.4, 0.5) is 0 Å². The van der Waals surface area contributed by atoms with Crippen LogP contribution in [-0.4, -0.2) is 32.5 Å². The molecule has 0 aromatic heterocycles. The van der Waals surface area contributed by atoms with Gasteiger partial charge in [0.1, 0.15) is 31.7 Å². The van der Waals surface area contributed by atoms with E-state index in [-0.39, 0.29) is 16.9 Å². The molecule has 3 aromatic carbocycles. The molecule has 3 heterocycles. The molecule has 0 bridgehead atoms. The average molecular weight is 589 g/mol. The lowest BCUT2D eigenvalue weighted by molar-refractivity contribution is 0.0163. The van der Waals surface area contributed by atoms with Gasteiger partial charge in [0.15, 0.2) is 23.0 Å². The molecule has 3 aromatic rings. The summed E-state index contributed by atoms with van der Waals surface area (Å²) in [6.45, 7) is 24.9. The number of fused-ring (bicyclic) bond motifs is 3. The van der Waals surface area contributed by atoms with E-state index in [4.69, 9.17) is 23.7 Å². The number of rotatable bonds is 0. The van der Waals surface area contributed by atoms with Crippen LogP contribution in [-0.2, 0) is 11.8 Å². The van der Waals surface area contributed by atoms with Crippen molar-refractivity contribution in [3.8, 4) is 28.7 Å². The highest BCUT2D eigenvalue weighted by Crippen LogP contribution is 2.38. The average Bonchev–Trinajstić information content (AvgIpc) is 2.95. The molecule has 3 aliphatic heterocycles. The first-order chi connectivity index (χ1) is 20.1. The molecular formula is C38H52O5. The van der Waals surface area contributed by atoms with Crippen LogP contribution in [0.5, 0.6) is 28.7 Å². The molecule has 0 saturated heterocycles. The Labute approximate surface area is 259 Å². The molecule has 5 heteroatoms. The van der Waals surface area contributed by atoms with E-state index in [1.165, 1.54) is 16.7 Å². The van der Waals surface area contributed by atoms with Crippen molar-refractivity contribution < 1.29 is 23.7 Å². The van der Waals surface area contributed by atoms with Crippen molar-refractivity contribution in [2.45, 2.75) is 87.2 Å². The van der Waals surface area contributed by atoms with Gasteiger partial charge < -0.3 is 23.7 Å². The number of aryl methyl sites for hydroxylation is 1. The third kappa shape index (κ3) is 8.84. The second-order valence-corrected chi connectivity index (χ2v) is 15.0. The Morgan fingerprint density at radius 1 is 0.581 bits per heavy atom. The minimum absolute atomic E-state index is 0.119. The number of benzene rings is 3. The Morgan fingerprint density at radius 2 is 1.19 bits per heavy atom. The zero-order chi connectivity index (χ0) is 31.4. The summed E-state index contributed by atoms with van der Waals surface area (Å²) in [7, 11) is 0. The Kier molecular flexibility index (Phi) is 9.93. The van der Waals surface area contributed by atoms with Gasteiger partial charge >= 0.3 is 0 Å². The maximum Gasteiger partial charge on any atom is 0.161 e. The molecule has 0 radical (unpaired) electrons. The van der Waals surface area contributed by atoms with Crippen molar-refractivity contribution >= 4 is 0 Å². The van der Waals surface area contributed by atoms with Gasteiger partial charge in [-0.3, -0.25) is 0 Å². The SMILES string of the molecule is CC(C)(C)C1COc2ccccc2O1.CC(C)(C)c1ccc2c(c1)OCCO2.Cc1ccc2c(c1)CC(C(C)(C)C)CO2. The van der Waals surface area contributed by atoms with Crippen LogP contribution >= 0.6 is 0 Å². The van der Waals surface area contributed by atoms with Crippen molar-refractivity contribution in [2.24, 2.45) is 16.7 Å². The van der Waals surface area contributed by atoms with E-state index in [0.29, 0.717) is 31.2 Å². The molecule has 3 aliphatic rings. The molecule has 0 amide bonds. The highest BCUT2D eigenvalue weighted by Gasteiger charge is 2.31. The summed E-state index contributed by atoms with van der Waals surface area (Å²) < 4.78 is 28.3. The predicted octanol–water partition coefficient (Wildman–Crippen LogP) is 9.22. The smallest absolute Gasteiger partial charge is 0.161 e. The molecule has 6 rings (SSSR count). The minimum Gasteiger partial charge on any atom is -0.493 e. The standard InChI is InChI=1S/C14H20O.2C12H16O2/c1-10-5-6-13-11(7-10)8-12(9-15-13)14(2,3)4;1-12(2,3)9-4-5-10-11(8-9)14-7-6-13-10;1-12(2,3)11-8-13-9-6-4-5-7-10(9)14-11/h5-7,12H,8-9H2,1-4H3;4-5,8H,6-7H2,1-3H3;4-7,11H,8H2,1-3H3. The number of hydrogen-bond acceptors (Lipinski definition) is 5. The van der Waals surface area contributed by atoms with E-state index < -0.39 is 0 Å². The first-order valence-corrected chi connectivity index (χ1v) is 15.6. The summed E-state index contributed by atoms with van der Waals surface area (Å²) in [5.74, 6) is 5.17. The van der Waals surface area contributed by atoms with E-state index in [1.807, 2.05) is 30.3 Å². The normalized spacial score (nSPS) is 18.9. The number of ether oxygens (including phenoxy) is 5. The summed E-state index contributed by atoms with van der Waals surface area (Å²) in [5, 5.41) is 0. The predicted molar refractivity (Wildman–Crippen MR) is 175 cm³/mol. The number of para-hydroxylation sites is 2. The van der Waals surface area contributed by atoms with Gasteiger partial charge in [0, 0.05) is 11.3 Å². The van der Waals surface area contributed by atoms with E-state index in [9.17, 15) is 0 Å². The molecule has 0 spiro atoms. The van der Waals surface area contributed by atoms with Crippen molar-refractivity contribution in [3.63, 3.8) is 0 Å². The first-order valence-electron chi connectivity index (χ1n) is 15.6. The molecule has 0 N–H and O–H groups in total. The van der Waals surface area contributed by atoms with Crippen LogP contribution < -0.4 is 23.7 Å². The minimum atomic E-state index is 0.119. The fourth-order valence-corrected chi connectivity index (χ4v) is 5.04. The zero-order valence-corrected chi connectivity index (χ0v) is 28.0. The van der Waals surface area contributed by atoms with Gasteiger partial charge in [-0.1, -0.05) is 98.2 Å². The fourth-order valence-electron chi connectivity index (χ4n) is 5.04. The van der Waals surface area contributed by atoms with Gasteiger partial charge in [-0.05, 0) is 65.6 Å². The fraction of sp³-hybridized carbons (Fsp3) is 0.526. The lowest BCUT2D eigenvalue weighted by atomic mass is 9.76. The summed E-state index contributed by atoms with van der Waals surface area (Å²) >= 11 is 0. The molecule has 0 saturated carbocycles. The molecule has 43 heavy (non-hydrogen) atoms. The van der Waals surface area contributed by atoms with Crippen molar-refractivity contribution in [3.05, 3.63) is 77.4 Å². The topological polar surface area (TPSA) is 46.2 Å². The second-order valence-electron chi connectivity index (χ2n) is 15.0. The van der Waals surface area contributed by atoms with Gasteiger partial charge in [-0.2, -0.15) is 0 Å². The third-order valence-corrected chi connectivity index (χ3v) is 8.23. The van der Waals surface area contributed by atoms with Crippen molar-refractivity contribution in [1.29, 1.82) is 0 Å². The van der Waals surface area contributed by atoms with E-state index in [2.05, 4.69) is 99.6 Å². The quantitative estimate of drug-likeness (QED) is 0.262. The van der Waals surface area contributed by atoms with Crippen LogP contribution in [0.1, 0.15) is 79.0 Å². The van der Waals surface area contributed by atoms with Gasteiger partial charge in [0.05, 0.1) is 6.61 Å². The van der Waals surface area contributed by atoms with Crippen molar-refractivity contribution in [2.75, 3.05) is 26.4 Å². The molecule has 0 aliphatic carbocycles. The Bertz CT molecular complexity index is 1360. The highest BCUT2D eigenvalue weighted by atomic mass is 16.6. The van der Waals surface area contributed by atoms with Gasteiger partial charge in [-0.25, -0.2) is 0 Å². The summed E-state index contributed by atoms with van der Waals surface area (Å²) in [5.41, 5.74) is 4.60. The maximum absolute atomic E-state index is 5.87.